The molecule has 0 aromatic rings. The first-order chi connectivity index (χ1) is 19.2. The standard InChI is InChI=1S/C39H57NO/c1-29(18-13-20-31(3)23-24-36-34(6)26-35(41)27-39(36,9)10)16-11-12-17-30(2)19-14-21-32(4)28-40-37-33(5)22-15-25-38(37,7)8/h11-14,16-22,28,35,37,41H,15,23-27H2,1-10H3/b12-11+,18-13+,19-14+,29-16+,30-17+,31-20+,32-21+,40-28?/t35-,37?/m0/s1. The fourth-order valence-electron chi connectivity index (χ4n) is 6.13. The van der Waals surface area contributed by atoms with Crippen molar-refractivity contribution >= 4 is 6.21 Å². The molecule has 2 aliphatic rings. The van der Waals surface area contributed by atoms with E-state index >= 15 is 0 Å². The summed E-state index contributed by atoms with van der Waals surface area (Å²) in [5.74, 6) is 0. The van der Waals surface area contributed by atoms with E-state index < -0.39 is 0 Å². The average Bonchev–Trinajstić information content (AvgIpc) is 2.84. The number of hydrogen-bond acceptors (Lipinski definition) is 2. The molecule has 0 fully saturated rings. The minimum Gasteiger partial charge on any atom is -0.393 e. The van der Waals surface area contributed by atoms with Crippen molar-refractivity contribution in [3.05, 3.63) is 106 Å². The fraction of sp³-hybridized carbons (Fsp3) is 0.513. The van der Waals surface area contributed by atoms with Crippen molar-refractivity contribution in [3.8, 4) is 0 Å². The second-order valence-electron chi connectivity index (χ2n) is 13.7. The zero-order valence-corrected chi connectivity index (χ0v) is 27.7. The molecule has 0 aromatic carbocycles. The third-order valence-electron chi connectivity index (χ3n) is 8.53. The van der Waals surface area contributed by atoms with Crippen LogP contribution < -0.4 is 0 Å². The zero-order valence-electron chi connectivity index (χ0n) is 27.7. The predicted octanol–water partition coefficient (Wildman–Crippen LogP) is 10.9. The highest BCUT2D eigenvalue weighted by Crippen LogP contribution is 2.43. The lowest BCUT2D eigenvalue weighted by Crippen LogP contribution is -2.31. The van der Waals surface area contributed by atoms with Crippen molar-refractivity contribution in [2.75, 3.05) is 0 Å². The lowest BCUT2D eigenvalue weighted by atomic mass is 9.70. The Bertz CT molecular complexity index is 1200. The van der Waals surface area contributed by atoms with Gasteiger partial charge in [-0.3, -0.25) is 4.99 Å². The SMILES string of the molecule is CC1=CCCC(C)(C)C1N=C/C(C)=C/C=C/C(C)=C/C=C/C=C(C)/C=C/C=C(\C)CCC1=C(C)C[C@H](O)CC1(C)C. The molecule has 0 amide bonds. The molecule has 0 saturated carbocycles. The maximum Gasteiger partial charge on any atom is 0.0757 e. The van der Waals surface area contributed by atoms with E-state index in [-0.39, 0.29) is 23.0 Å². The molecule has 0 radical (unpaired) electrons. The normalized spacial score (nSPS) is 24.9. The number of aliphatic hydroxyl groups is 1. The quantitative estimate of drug-likeness (QED) is 0.153. The lowest BCUT2D eigenvalue weighted by Gasteiger charge is -2.37. The summed E-state index contributed by atoms with van der Waals surface area (Å²) in [4.78, 5) is 4.91. The first kappa shape index (κ1) is 34.5. The van der Waals surface area contributed by atoms with Gasteiger partial charge in [-0.25, -0.2) is 0 Å². The van der Waals surface area contributed by atoms with Crippen LogP contribution in [0.25, 0.3) is 0 Å². The van der Waals surface area contributed by atoms with Crippen molar-refractivity contribution in [1.82, 2.24) is 0 Å². The van der Waals surface area contributed by atoms with Crippen molar-refractivity contribution in [3.63, 3.8) is 0 Å². The lowest BCUT2D eigenvalue weighted by molar-refractivity contribution is 0.113. The average molecular weight is 556 g/mol. The molecule has 1 unspecified atom stereocenters. The van der Waals surface area contributed by atoms with E-state index in [4.69, 9.17) is 4.99 Å². The van der Waals surface area contributed by atoms with Crippen LogP contribution in [-0.4, -0.2) is 23.5 Å². The monoisotopic (exact) mass is 555 g/mol. The first-order valence-electron chi connectivity index (χ1n) is 15.5. The Morgan fingerprint density at radius 2 is 1.46 bits per heavy atom. The van der Waals surface area contributed by atoms with Gasteiger partial charge in [-0.2, -0.15) is 0 Å². The van der Waals surface area contributed by atoms with Crippen LogP contribution >= 0.6 is 0 Å². The highest BCUT2D eigenvalue weighted by atomic mass is 16.3. The molecule has 1 N–H and O–H groups in total. The third kappa shape index (κ3) is 12.0. The Labute approximate surface area is 252 Å². The van der Waals surface area contributed by atoms with E-state index in [1.54, 1.807) is 0 Å². The molecule has 2 atom stereocenters. The van der Waals surface area contributed by atoms with Crippen molar-refractivity contribution in [2.24, 2.45) is 15.8 Å². The number of allylic oxidation sites excluding steroid dienone is 16. The Kier molecular flexibility index (Phi) is 13.5. The van der Waals surface area contributed by atoms with Crippen molar-refractivity contribution in [2.45, 2.75) is 120 Å². The summed E-state index contributed by atoms with van der Waals surface area (Å²) in [6.07, 6.45) is 31.7. The molecule has 2 aliphatic carbocycles. The van der Waals surface area contributed by atoms with E-state index in [1.165, 1.54) is 45.4 Å². The molecule has 0 bridgehead atoms. The molecule has 41 heavy (non-hydrogen) atoms. The predicted molar refractivity (Wildman–Crippen MR) is 182 cm³/mol. The Morgan fingerprint density at radius 3 is 2.05 bits per heavy atom. The molecule has 224 valence electrons. The Hall–Kier alpha value is -2.71. The number of rotatable bonds is 11. The number of aliphatic imine (C=N–C) groups is 1. The van der Waals surface area contributed by atoms with E-state index in [0.717, 1.165) is 32.1 Å². The number of aliphatic hydroxyl groups excluding tert-OH is 1. The number of nitrogens with zero attached hydrogens (tertiary/aromatic N) is 1. The van der Waals surface area contributed by atoms with Crippen LogP contribution in [0.4, 0.5) is 0 Å². The van der Waals surface area contributed by atoms with Crippen LogP contribution in [0.15, 0.2) is 111 Å². The summed E-state index contributed by atoms with van der Waals surface area (Å²) >= 11 is 0. The smallest absolute Gasteiger partial charge is 0.0757 e. The Morgan fingerprint density at radius 1 is 0.878 bits per heavy atom. The first-order valence-corrected chi connectivity index (χ1v) is 15.5. The third-order valence-corrected chi connectivity index (χ3v) is 8.53. The molecular formula is C39H57NO. The van der Waals surface area contributed by atoms with Gasteiger partial charge in [-0.1, -0.05) is 128 Å². The maximum atomic E-state index is 10.1. The van der Waals surface area contributed by atoms with E-state index in [2.05, 4.69) is 136 Å². The van der Waals surface area contributed by atoms with Crippen LogP contribution in [-0.2, 0) is 0 Å². The molecule has 0 saturated heterocycles. The van der Waals surface area contributed by atoms with Gasteiger partial charge in [0.25, 0.3) is 0 Å². The van der Waals surface area contributed by atoms with Crippen LogP contribution in [0.3, 0.4) is 0 Å². The summed E-state index contributed by atoms with van der Waals surface area (Å²) in [6.45, 7) is 22.2. The molecule has 0 aromatic heterocycles. The summed E-state index contributed by atoms with van der Waals surface area (Å²) in [7, 11) is 0. The summed E-state index contributed by atoms with van der Waals surface area (Å²) < 4.78 is 0. The van der Waals surface area contributed by atoms with E-state index in [9.17, 15) is 5.11 Å². The molecule has 2 heteroatoms. The maximum absolute atomic E-state index is 10.1. The Balaban J connectivity index is 1.84. The topological polar surface area (TPSA) is 32.6 Å². The van der Waals surface area contributed by atoms with Gasteiger partial charge in [0.15, 0.2) is 0 Å². The fourth-order valence-corrected chi connectivity index (χ4v) is 6.13. The highest BCUT2D eigenvalue weighted by molar-refractivity contribution is 5.78. The highest BCUT2D eigenvalue weighted by Gasteiger charge is 2.33. The van der Waals surface area contributed by atoms with Crippen LogP contribution in [0.2, 0.25) is 0 Å². The molecule has 0 spiro atoms. The van der Waals surface area contributed by atoms with Crippen molar-refractivity contribution < 1.29 is 5.11 Å². The largest absolute Gasteiger partial charge is 0.393 e. The zero-order chi connectivity index (χ0) is 30.6. The minimum absolute atomic E-state index is 0.0969. The van der Waals surface area contributed by atoms with Gasteiger partial charge in [-0.15, -0.1) is 0 Å². The van der Waals surface area contributed by atoms with E-state index in [1.807, 2.05) is 6.21 Å². The van der Waals surface area contributed by atoms with Gasteiger partial charge in [0, 0.05) is 6.21 Å². The minimum atomic E-state index is -0.189. The van der Waals surface area contributed by atoms with Crippen molar-refractivity contribution in [1.29, 1.82) is 0 Å². The van der Waals surface area contributed by atoms with Gasteiger partial charge in [0.1, 0.15) is 0 Å². The summed E-state index contributed by atoms with van der Waals surface area (Å²) in [5, 5.41) is 10.1. The number of hydrogen-bond donors (Lipinski definition) is 1. The van der Waals surface area contributed by atoms with Gasteiger partial charge < -0.3 is 5.11 Å². The molecule has 2 nitrogen and oxygen atoms in total. The second kappa shape index (κ2) is 16.1. The summed E-state index contributed by atoms with van der Waals surface area (Å²) in [6, 6.07) is 0.277. The summed E-state index contributed by atoms with van der Waals surface area (Å²) in [5.41, 5.74) is 9.60. The van der Waals surface area contributed by atoms with Gasteiger partial charge >= 0.3 is 0 Å². The van der Waals surface area contributed by atoms with Gasteiger partial charge in [0.2, 0.25) is 0 Å². The molecule has 0 aliphatic heterocycles. The second-order valence-corrected chi connectivity index (χ2v) is 13.7. The van der Waals surface area contributed by atoms with Crippen LogP contribution in [0.5, 0.6) is 0 Å². The molecule has 0 heterocycles. The van der Waals surface area contributed by atoms with Gasteiger partial charge in [0.05, 0.1) is 12.1 Å². The van der Waals surface area contributed by atoms with Crippen LogP contribution in [0.1, 0.15) is 108 Å². The van der Waals surface area contributed by atoms with Crippen LogP contribution in [0, 0.1) is 10.8 Å². The molecular weight excluding hydrogens is 498 g/mol. The van der Waals surface area contributed by atoms with Gasteiger partial charge in [-0.05, 0) is 96.5 Å². The molecule has 2 rings (SSSR count). The van der Waals surface area contributed by atoms with E-state index in [0.29, 0.717) is 0 Å².